The second-order valence-electron chi connectivity index (χ2n) is 3.98. The fourth-order valence-electron chi connectivity index (χ4n) is 1.35. The van der Waals surface area contributed by atoms with Crippen molar-refractivity contribution in [3.8, 4) is 0 Å². The summed E-state index contributed by atoms with van der Waals surface area (Å²) in [6.45, 7) is 0.747. The van der Waals surface area contributed by atoms with Gasteiger partial charge >= 0.3 is 6.18 Å². The number of hydrogen-bond donors (Lipinski definition) is 1. The molecule has 0 heterocycles. The standard InChI is InChI=1S/C11H11F3N2O3/c1-7(6-16(18)19)10(17)15-9-4-2-3-8(5-9)11(12,13)14/h2-5,7H,6H2,1H3,(H,15,17). The first-order chi connectivity index (χ1) is 8.70. The van der Waals surface area contributed by atoms with E-state index in [9.17, 15) is 28.1 Å². The number of nitro groups is 1. The summed E-state index contributed by atoms with van der Waals surface area (Å²) in [7, 11) is 0. The SMILES string of the molecule is CC(C[N+](=O)[O-])C(=O)Nc1cccc(C(F)(F)F)c1. The Bertz CT molecular complexity index is 488. The van der Waals surface area contributed by atoms with Crippen LogP contribution in [0, 0.1) is 16.0 Å². The minimum atomic E-state index is -4.51. The number of hydrogen-bond acceptors (Lipinski definition) is 3. The molecular weight excluding hydrogens is 265 g/mol. The molecule has 0 aliphatic heterocycles. The predicted octanol–water partition coefficient (Wildman–Crippen LogP) is 2.56. The molecule has 0 aliphatic rings. The quantitative estimate of drug-likeness (QED) is 0.678. The summed E-state index contributed by atoms with van der Waals surface area (Å²) in [6.07, 6.45) is -4.51. The highest BCUT2D eigenvalue weighted by Gasteiger charge is 2.30. The Labute approximate surface area is 106 Å². The maximum Gasteiger partial charge on any atom is 0.416 e. The van der Waals surface area contributed by atoms with E-state index in [2.05, 4.69) is 5.32 Å². The van der Waals surface area contributed by atoms with Crippen molar-refractivity contribution in [3.63, 3.8) is 0 Å². The van der Waals surface area contributed by atoms with Crippen molar-refractivity contribution < 1.29 is 22.9 Å². The largest absolute Gasteiger partial charge is 0.416 e. The highest BCUT2D eigenvalue weighted by atomic mass is 19.4. The summed E-state index contributed by atoms with van der Waals surface area (Å²) in [5.74, 6) is -1.62. The Balaban J connectivity index is 2.77. The van der Waals surface area contributed by atoms with Crippen LogP contribution < -0.4 is 5.32 Å². The van der Waals surface area contributed by atoms with Gasteiger partial charge in [0.15, 0.2) is 0 Å². The van der Waals surface area contributed by atoms with Crippen LogP contribution in [0.5, 0.6) is 0 Å². The number of nitrogens with zero attached hydrogens (tertiary/aromatic N) is 1. The van der Waals surface area contributed by atoms with Gasteiger partial charge in [0.25, 0.3) is 0 Å². The zero-order valence-electron chi connectivity index (χ0n) is 9.90. The van der Waals surface area contributed by atoms with E-state index in [0.717, 1.165) is 18.2 Å². The van der Waals surface area contributed by atoms with E-state index in [1.807, 2.05) is 0 Å². The van der Waals surface area contributed by atoms with E-state index in [-0.39, 0.29) is 5.69 Å². The minimum absolute atomic E-state index is 0.0463. The monoisotopic (exact) mass is 276 g/mol. The van der Waals surface area contributed by atoms with Gasteiger partial charge in [-0.25, -0.2) is 0 Å². The molecule has 1 rings (SSSR count). The lowest BCUT2D eigenvalue weighted by Crippen LogP contribution is -2.26. The van der Waals surface area contributed by atoms with Crippen LogP contribution in [0.25, 0.3) is 0 Å². The van der Waals surface area contributed by atoms with Gasteiger partial charge in [-0.1, -0.05) is 6.07 Å². The number of anilines is 1. The molecule has 19 heavy (non-hydrogen) atoms. The number of halogens is 3. The van der Waals surface area contributed by atoms with Crippen LogP contribution in [0.15, 0.2) is 24.3 Å². The number of carbonyl (C=O) groups excluding carboxylic acids is 1. The number of rotatable bonds is 4. The van der Waals surface area contributed by atoms with E-state index in [4.69, 9.17) is 0 Å². The molecule has 0 radical (unpaired) electrons. The maximum absolute atomic E-state index is 12.4. The molecule has 0 saturated heterocycles. The highest BCUT2D eigenvalue weighted by Crippen LogP contribution is 2.30. The van der Waals surface area contributed by atoms with Gasteiger partial charge in [0.2, 0.25) is 12.5 Å². The van der Waals surface area contributed by atoms with E-state index in [0.29, 0.717) is 0 Å². The van der Waals surface area contributed by atoms with Crippen molar-refractivity contribution >= 4 is 11.6 Å². The third-order valence-electron chi connectivity index (χ3n) is 2.33. The molecule has 1 aromatic rings. The van der Waals surface area contributed by atoms with Crippen molar-refractivity contribution in [2.75, 3.05) is 11.9 Å². The number of alkyl halides is 3. The Morgan fingerprint density at radius 1 is 1.47 bits per heavy atom. The third kappa shape index (κ3) is 4.57. The average molecular weight is 276 g/mol. The average Bonchev–Trinajstić information content (AvgIpc) is 2.27. The van der Waals surface area contributed by atoms with Crippen LogP contribution in [-0.4, -0.2) is 17.4 Å². The van der Waals surface area contributed by atoms with Crippen LogP contribution in [-0.2, 0) is 11.0 Å². The van der Waals surface area contributed by atoms with Crippen molar-refractivity contribution in [3.05, 3.63) is 39.9 Å². The first kappa shape index (κ1) is 14.9. The lowest BCUT2D eigenvalue weighted by Gasteiger charge is -2.11. The fraction of sp³-hybridized carbons (Fsp3) is 0.364. The van der Waals surface area contributed by atoms with Crippen molar-refractivity contribution in [1.29, 1.82) is 0 Å². The van der Waals surface area contributed by atoms with Crippen LogP contribution in [0.2, 0.25) is 0 Å². The molecule has 8 heteroatoms. The molecule has 1 amide bonds. The lowest BCUT2D eigenvalue weighted by atomic mass is 10.1. The molecular formula is C11H11F3N2O3. The summed E-state index contributed by atoms with van der Waals surface area (Å²) in [4.78, 5) is 21.1. The molecule has 0 bridgehead atoms. The summed E-state index contributed by atoms with van der Waals surface area (Å²) in [6, 6.07) is 4.08. The molecule has 0 fully saturated rings. The van der Waals surface area contributed by atoms with Gasteiger partial charge in [0, 0.05) is 10.6 Å². The van der Waals surface area contributed by atoms with Gasteiger partial charge in [-0.3, -0.25) is 14.9 Å². The lowest BCUT2D eigenvalue weighted by molar-refractivity contribution is -0.484. The molecule has 1 N–H and O–H groups in total. The van der Waals surface area contributed by atoms with E-state index >= 15 is 0 Å². The maximum atomic E-state index is 12.4. The summed E-state index contributed by atoms with van der Waals surface area (Å²) >= 11 is 0. The Morgan fingerprint density at radius 2 is 2.11 bits per heavy atom. The molecule has 5 nitrogen and oxygen atoms in total. The van der Waals surface area contributed by atoms with Gasteiger partial charge in [0.1, 0.15) is 0 Å². The Morgan fingerprint density at radius 3 is 2.63 bits per heavy atom. The van der Waals surface area contributed by atoms with E-state index < -0.39 is 35.0 Å². The first-order valence-corrected chi connectivity index (χ1v) is 5.30. The Kier molecular flexibility index (Phi) is 4.47. The second kappa shape index (κ2) is 5.68. The van der Waals surface area contributed by atoms with Crippen molar-refractivity contribution in [1.82, 2.24) is 0 Å². The molecule has 0 aliphatic carbocycles. The summed E-state index contributed by atoms with van der Waals surface area (Å²) in [5, 5.41) is 12.4. The van der Waals surface area contributed by atoms with Crippen LogP contribution >= 0.6 is 0 Å². The van der Waals surface area contributed by atoms with Gasteiger partial charge in [-0.05, 0) is 25.1 Å². The van der Waals surface area contributed by atoms with Crippen molar-refractivity contribution in [2.45, 2.75) is 13.1 Å². The molecule has 1 unspecified atom stereocenters. The number of nitrogens with one attached hydrogen (secondary N) is 1. The number of amides is 1. The smallest absolute Gasteiger partial charge is 0.326 e. The number of carbonyl (C=O) groups is 1. The molecule has 0 aromatic heterocycles. The fourth-order valence-corrected chi connectivity index (χ4v) is 1.35. The number of benzene rings is 1. The van der Waals surface area contributed by atoms with E-state index in [1.54, 1.807) is 0 Å². The molecule has 0 spiro atoms. The zero-order chi connectivity index (χ0) is 14.6. The summed E-state index contributed by atoms with van der Waals surface area (Å²) < 4.78 is 37.3. The van der Waals surface area contributed by atoms with Gasteiger partial charge in [-0.15, -0.1) is 0 Å². The topological polar surface area (TPSA) is 72.2 Å². The molecule has 1 aromatic carbocycles. The van der Waals surface area contributed by atoms with Gasteiger partial charge in [-0.2, -0.15) is 13.2 Å². The van der Waals surface area contributed by atoms with Crippen LogP contribution in [0.4, 0.5) is 18.9 Å². The first-order valence-electron chi connectivity index (χ1n) is 5.30. The Hall–Kier alpha value is -2.12. The third-order valence-corrected chi connectivity index (χ3v) is 2.33. The van der Waals surface area contributed by atoms with Crippen LogP contribution in [0.3, 0.4) is 0 Å². The molecule has 104 valence electrons. The van der Waals surface area contributed by atoms with Crippen LogP contribution in [0.1, 0.15) is 12.5 Å². The normalized spacial score (nSPS) is 12.8. The second-order valence-corrected chi connectivity index (χ2v) is 3.98. The predicted molar refractivity (Wildman–Crippen MR) is 61.1 cm³/mol. The van der Waals surface area contributed by atoms with E-state index in [1.165, 1.54) is 13.0 Å². The molecule has 1 atom stereocenters. The zero-order valence-corrected chi connectivity index (χ0v) is 9.90. The summed E-state index contributed by atoms with van der Waals surface area (Å²) in [5.41, 5.74) is -0.942. The molecule has 0 saturated carbocycles. The highest BCUT2D eigenvalue weighted by molar-refractivity contribution is 5.92. The van der Waals surface area contributed by atoms with Gasteiger partial charge < -0.3 is 5.32 Å². The van der Waals surface area contributed by atoms with Crippen molar-refractivity contribution in [2.24, 2.45) is 5.92 Å². The minimum Gasteiger partial charge on any atom is -0.326 e. The van der Waals surface area contributed by atoms with Gasteiger partial charge in [0.05, 0.1) is 11.5 Å².